The fourth-order valence-corrected chi connectivity index (χ4v) is 2.69. The molecule has 0 unspecified atom stereocenters. The average Bonchev–Trinajstić information content (AvgIpc) is 2.76. The molecular formula is C22H45BrO7. The standard InChI is InChI=1S/C22H45BrO7/c1-2-3-4-5-6-7-9-24-11-13-26-15-17-28-19-21-30-22-20-29-18-16-27-14-12-25-10-8-23/h2-22H2,1H3. The van der Waals surface area contributed by atoms with Crippen LogP contribution in [0.3, 0.4) is 0 Å². The van der Waals surface area contributed by atoms with Crippen LogP contribution < -0.4 is 0 Å². The third kappa shape index (κ3) is 28.2. The topological polar surface area (TPSA) is 64.6 Å². The number of hydrogen-bond donors (Lipinski definition) is 0. The van der Waals surface area contributed by atoms with Crippen molar-refractivity contribution in [3.05, 3.63) is 0 Å². The number of alkyl halides is 1. The van der Waals surface area contributed by atoms with Crippen molar-refractivity contribution in [2.24, 2.45) is 0 Å². The molecule has 0 N–H and O–H groups in total. The first kappa shape index (κ1) is 30.2. The zero-order chi connectivity index (χ0) is 21.8. The Morgan fingerprint density at radius 1 is 0.367 bits per heavy atom. The van der Waals surface area contributed by atoms with E-state index in [9.17, 15) is 0 Å². The quantitative estimate of drug-likeness (QED) is 0.125. The molecular weight excluding hydrogens is 456 g/mol. The number of unbranched alkanes of at least 4 members (excludes halogenated alkanes) is 5. The maximum atomic E-state index is 5.56. The molecule has 182 valence electrons. The monoisotopic (exact) mass is 500 g/mol. The molecule has 0 aromatic rings. The van der Waals surface area contributed by atoms with Crippen LogP contribution in [0.4, 0.5) is 0 Å². The fourth-order valence-electron chi connectivity index (χ4n) is 2.46. The van der Waals surface area contributed by atoms with Crippen LogP contribution in [0, 0.1) is 0 Å². The highest BCUT2D eigenvalue weighted by Crippen LogP contribution is 2.04. The van der Waals surface area contributed by atoms with Crippen LogP contribution in [0.25, 0.3) is 0 Å². The van der Waals surface area contributed by atoms with Gasteiger partial charge in [-0.2, -0.15) is 0 Å². The van der Waals surface area contributed by atoms with E-state index in [1.54, 1.807) is 0 Å². The molecule has 0 rings (SSSR count). The molecule has 8 heteroatoms. The second-order valence-corrected chi connectivity index (χ2v) is 7.54. The molecule has 0 saturated carbocycles. The van der Waals surface area contributed by atoms with Gasteiger partial charge in [-0.1, -0.05) is 55.0 Å². The summed E-state index contributed by atoms with van der Waals surface area (Å²) in [5.74, 6) is 0. The Balaban J connectivity index is 2.97. The van der Waals surface area contributed by atoms with Crippen LogP contribution >= 0.6 is 15.9 Å². The number of halogens is 1. The molecule has 0 aliphatic heterocycles. The van der Waals surface area contributed by atoms with Crippen molar-refractivity contribution in [3.8, 4) is 0 Å². The minimum atomic E-state index is 0.560. The van der Waals surface area contributed by atoms with E-state index >= 15 is 0 Å². The summed E-state index contributed by atoms with van der Waals surface area (Å²) in [5.41, 5.74) is 0. The van der Waals surface area contributed by atoms with Gasteiger partial charge >= 0.3 is 0 Å². The van der Waals surface area contributed by atoms with Gasteiger partial charge in [0.25, 0.3) is 0 Å². The van der Waals surface area contributed by atoms with E-state index in [0.717, 1.165) is 18.4 Å². The number of hydrogen-bond acceptors (Lipinski definition) is 7. The Bertz CT molecular complexity index is 271. The summed E-state index contributed by atoms with van der Waals surface area (Å²) in [6.45, 7) is 10.8. The van der Waals surface area contributed by atoms with Gasteiger partial charge in [0.2, 0.25) is 0 Å². The normalized spacial score (nSPS) is 11.4. The van der Waals surface area contributed by atoms with Crippen molar-refractivity contribution in [3.63, 3.8) is 0 Å². The molecule has 7 nitrogen and oxygen atoms in total. The summed E-state index contributed by atoms with van der Waals surface area (Å²) in [6.07, 6.45) is 7.74. The molecule has 0 radical (unpaired) electrons. The number of ether oxygens (including phenoxy) is 7. The third-order valence-electron chi connectivity index (χ3n) is 4.10. The molecule has 0 atom stereocenters. The van der Waals surface area contributed by atoms with Gasteiger partial charge in [0.15, 0.2) is 0 Å². The Hall–Kier alpha value is 0.200. The summed E-state index contributed by atoms with van der Waals surface area (Å²) >= 11 is 3.30. The average molecular weight is 501 g/mol. The molecule has 0 amide bonds. The Kier molecular flexibility index (Phi) is 29.4. The Morgan fingerprint density at radius 2 is 0.667 bits per heavy atom. The predicted molar refractivity (Wildman–Crippen MR) is 123 cm³/mol. The first-order chi connectivity index (χ1) is 14.9. The highest BCUT2D eigenvalue weighted by atomic mass is 79.9. The largest absolute Gasteiger partial charge is 0.379 e. The molecule has 0 fully saturated rings. The first-order valence-electron chi connectivity index (χ1n) is 11.5. The summed E-state index contributed by atoms with van der Waals surface area (Å²) < 4.78 is 38.0. The second kappa shape index (κ2) is 29.2. The molecule has 0 aliphatic rings. The lowest BCUT2D eigenvalue weighted by Crippen LogP contribution is -2.14. The molecule has 0 aromatic heterocycles. The van der Waals surface area contributed by atoms with Crippen LogP contribution in [0.2, 0.25) is 0 Å². The van der Waals surface area contributed by atoms with Crippen LogP contribution in [0.1, 0.15) is 45.4 Å². The summed E-state index contributed by atoms with van der Waals surface area (Å²) in [5, 5.41) is 0.851. The van der Waals surface area contributed by atoms with Crippen molar-refractivity contribution in [1.29, 1.82) is 0 Å². The lowest BCUT2D eigenvalue weighted by atomic mass is 10.1. The van der Waals surface area contributed by atoms with Gasteiger partial charge in [-0.3, -0.25) is 0 Å². The van der Waals surface area contributed by atoms with E-state index in [2.05, 4.69) is 22.9 Å². The molecule has 0 bridgehead atoms. The van der Waals surface area contributed by atoms with E-state index in [1.807, 2.05) is 0 Å². The fraction of sp³-hybridized carbons (Fsp3) is 1.00. The van der Waals surface area contributed by atoms with Gasteiger partial charge in [0.1, 0.15) is 0 Å². The van der Waals surface area contributed by atoms with Gasteiger partial charge in [0.05, 0.1) is 85.9 Å². The molecule has 0 spiro atoms. The van der Waals surface area contributed by atoms with E-state index in [1.165, 1.54) is 32.1 Å². The van der Waals surface area contributed by atoms with Gasteiger partial charge in [-0.05, 0) is 6.42 Å². The van der Waals surface area contributed by atoms with Crippen LogP contribution in [0.15, 0.2) is 0 Å². The minimum Gasteiger partial charge on any atom is -0.379 e. The maximum absolute atomic E-state index is 5.56. The minimum absolute atomic E-state index is 0.560. The van der Waals surface area contributed by atoms with Crippen LogP contribution in [-0.4, -0.2) is 97.8 Å². The van der Waals surface area contributed by atoms with Gasteiger partial charge in [0, 0.05) is 11.9 Å². The summed E-state index contributed by atoms with van der Waals surface area (Å²) in [7, 11) is 0. The van der Waals surface area contributed by atoms with Crippen LogP contribution in [-0.2, 0) is 33.2 Å². The van der Waals surface area contributed by atoms with E-state index in [0.29, 0.717) is 85.9 Å². The molecule has 0 saturated heterocycles. The van der Waals surface area contributed by atoms with Crippen molar-refractivity contribution < 1.29 is 33.2 Å². The predicted octanol–water partition coefficient (Wildman–Crippen LogP) is 3.86. The van der Waals surface area contributed by atoms with E-state index in [-0.39, 0.29) is 0 Å². The third-order valence-corrected chi connectivity index (χ3v) is 4.42. The lowest BCUT2D eigenvalue weighted by Gasteiger charge is -2.08. The van der Waals surface area contributed by atoms with Crippen molar-refractivity contribution in [1.82, 2.24) is 0 Å². The highest BCUT2D eigenvalue weighted by molar-refractivity contribution is 9.09. The van der Waals surface area contributed by atoms with Crippen molar-refractivity contribution >= 4 is 15.9 Å². The summed E-state index contributed by atoms with van der Waals surface area (Å²) in [6, 6.07) is 0. The maximum Gasteiger partial charge on any atom is 0.0701 e. The van der Waals surface area contributed by atoms with Crippen molar-refractivity contribution in [2.45, 2.75) is 45.4 Å². The molecule has 0 aliphatic carbocycles. The highest BCUT2D eigenvalue weighted by Gasteiger charge is 1.95. The smallest absolute Gasteiger partial charge is 0.0701 e. The number of rotatable bonds is 27. The second-order valence-electron chi connectivity index (χ2n) is 6.74. The summed E-state index contributed by atoms with van der Waals surface area (Å²) in [4.78, 5) is 0. The molecule has 30 heavy (non-hydrogen) atoms. The van der Waals surface area contributed by atoms with Gasteiger partial charge in [-0.15, -0.1) is 0 Å². The SMILES string of the molecule is CCCCCCCCOCCOCCOCCOCCOCCOCCOCCBr. The van der Waals surface area contributed by atoms with Crippen molar-refractivity contribution in [2.75, 3.05) is 97.8 Å². The molecule has 0 heterocycles. The Labute approximate surface area is 192 Å². The van der Waals surface area contributed by atoms with Crippen LogP contribution in [0.5, 0.6) is 0 Å². The van der Waals surface area contributed by atoms with Gasteiger partial charge < -0.3 is 33.2 Å². The first-order valence-corrected chi connectivity index (χ1v) is 12.6. The lowest BCUT2D eigenvalue weighted by molar-refractivity contribution is -0.0201. The van der Waals surface area contributed by atoms with E-state index in [4.69, 9.17) is 33.2 Å². The zero-order valence-corrected chi connectivity index (χ0v) is 20.7. The molecule has 0 aromatic carbocycles. The Morgan fingerprint density at radius 3 is 1.03 bits per heavy atom. The van der Waals surface area contributed by atoms with E-state index < -0.39 is 0 Å². The van der Waals surface area contributed by atoms with Gasteiger partial charge in [-0.25, -0.2) is 0 Å². The zero-order valence-electron chi connectivity index (χ0n) is 19.1.